The second-order valence-corrected chi connectivity index (χ2v) is 4.96. The van der Waals surface area contributed by atoms with Gasteiger partial charge in [-0.2, -0.15) is 0 Å². The Labute approximate surface area is 98.6 Å². The van der Waals surface area contributed by atoms with Crippen LogP contribution in [-0.4, -0.2) is 23.2 Å². The maximum atomic E-state index is 11.0. The van der Waals surface area contributed by atoms with Crippen LogP contribution in [-0.2, 0) is 4.79 Å². The third kappa shape index (κ3) is 4.12. The molecule has 3 nitrogen and oxygen atoms in total. The Morgan fingerprint density at radius 1 is 1.44 bits per heavy atom. The van der Waals surface area contributed by atoms with Crippen LogP contribution in [0.1, 0.15) is 58.8 Å². The van der Waals surface area contributed by atoms with E-state index in [0.29, 0.717) is 12.1 Å². The predicted octanol–water partition coefficient (Wildman–Crippen LogP) is 2.80. The zero-order valence-electron chi connectivity index (χ0n) is 10.5. The molecule has 0 radical (unpaired) electrons. The first-order valence-electron chi connectivity index (χ1n) is 6.66. The summed E-state index contributed by atoms with van der Waals surface area (Å²) in [5.74, 6) is -0.736. The van der Waals surface area contributed by atoms with E-state index in [1.165, 1.54) is 12.8 Å². The van der Waals surface area contributed by atoms with Crippen LogP contribution < -0.4 is 5.32 Å². The Kier molecular flexibility index (Phi) is 5.81. The summed E-state index contributed by atoms with van der Waals surface area (Å²) in [6.07, 6.45) is 7.40. The second kappa shape index (κ2) is 6.89. The molecule has 0 aromatic carbocycles. The smallest absolute Gasteiger partial charge is 0.306 e. The fraction of sp³-hybridized carbons (Fsp3) is 0.923. The van der Waals surface area contributed by atoms with E-state index < -0.39 is 5.97 Å². The van der Waals surface area contributed by atoms with Gasteiger partial charge in [0.2, 0.25) is 0 Å². The third-order valence-electron chi connectivity index (χ3n) is 3.62. The number of nitrogens with one attached hydrogen (secondary N) is 1. The Hall–Kier alpha value is -0.570. The van der Waals surface area contributed by atoms with Crippen molar-refractivity contribution in [2.75, 3.05) is 0 Å². The number of hydrogen-bond donors (Lipinski definition) is 2. The van der Waals surface area contributed by atoms with E-state index in [4.69, 9.17) is 5.11 Å². The lowest BCUT2D eigenvalue weighted by atomic mass is 9.85. The largest absolute Gasteiger partial charge is 0.481 e. The SMILES string of the molecule is CCCC(CC)NC1CCCC(C(=O)O)C1. The van der Waals surface area contributed by atoms with Gasteiger partial charge in [0.25, 0.3) is 0 Å². The van der Waals surface area contributed by atoms with E-state index in [-0.39, 0.29) is 5.92 Å². The molecule has 0 aromatic heterocycles. The summed E-state index contributed by atoms with van der Waals surface area (Å²) in [6.45, 7) is 4.40. The molecule has 1 fully saturated rings. The van der Waals surface area contributed by atoms with Crippen molar-refractivity contribution in [3.05, 3.63) is 0 Å². The number of rotatable bonds is 6. The fourth-order valence-corrected chi connectivity index (χ4v) is 2.65. The van der Waals surface area contributed by atoms with Crippen LogP contribution in [0, 0.1) is 5.92 Å². The first kappa shape index (κ1) is 13.5. The molecule has 0 aliphatic heterocycles. The molecular weight excluding hydrogens is 202 g/mol. The molecule has 0 spiro atoms. The van der Waals surface area contributed by atoms with Crippen molar-refractivity contribution in [1.29, 1.82) is 0 Å². The molecule has 1 rings (SSSR count). The molecule has 1 aliphatic rings. The Morgan fingerprint density at radius 3 is 2.75 bits per heavy atom. The first-order chi connectivity index (χ1) is 7.67. The van der Waals surface area contributed by atoms with Crippen molar-refractivity contribution in [1.82, 2.24) is 5.32 Å². The molecule has 0 aromatic rings. The zero-order chi connectivity index (χ0) is 12.0. The average molecular weight is 227 g/mol. The molecule has 94 valence electrons. The number of carboxylic acids is 1. The van der Waals surface area contributed by atoms with Gasteiger partial charge in [0, 0.05) is 12.1 Å². The predicted molar refractivity (Wildman–Crippen MR) is 65.5 cm³/mol. The van der Waals surface area contributed by atoms with Gasteiger partial charge in [0.1, 0.15) is 0 Å². The van der Waals surface area contributed by atoms with Crippen LogP contribution in [0.2, 0.25) is 0 Å². The maximum Gasteiger partial charge on any atom is 0.306 e. The van der Waals surface area contributed by atoms with Crippen LogP contribution in [0.25, 0.3) is 0 Å². The van der Waals surface area contributed by atoms with Crippen molar-refractivity contribution in [3.63, 3.8) is 0 Å². The molecule has 0 saturated heterocycles. The van der Waals surface area contributed by atoms with Gasteiger partial charge in [-0.25, -0.2) is 0 Å². The average Bonchev–Trinajstić information content (AvgIpc) is 2.29. The topological polar surface area (TPSA) is 49.3 Å². The van der Waals surface area contributed by atoms with Crippen molar-refractivity contribution in [2.45, 2.75) is 70.9 Å². The van der Waals surface area contributed by atoms with E-state index >= 15 is 0 Å². The highest BCUT2D eigenvalue weighted by Gasteiger charge is 2.27. The molecular formula is C13H25NO2. The lowest BCUT2D eigenvalue weighted by Crippen LogP contribution is -2.42. The molecule has 0 amide bonds. The lowest BCUT2D eigenvalue weighted by molar-refractivity contribution is -0.143. The van der Waals surface area contributed by atoms with Gasteiger partial charge in [-0.3, -0.25) is 4.79 Å². The first-order valence-corrected chi connectivity index (χ1v) is 6.66. The highest BCUT2D eigenvalue weighted by Crippen LogP contribution is 2.25. The summed E-state index contributed by atoms with van der Waals surface area (Å²) in [5, 5.41) is 12.7. The van der Waals surface area contributed by atoms with Crippen molar-refractivity contribution < 1.29 is 9.90 Å². The van der Waals surface area contributed by atoms with Gasteiger partial charge >= 0.3 is 5.97 Å². The third-order valence-corrected chi connectivity index (χ3v) is 3.62. The van der Waals surface area contributed by atoms with Gasteiger partial charge in [0.05, 0.1) is 5.92 Å². The summed E-state index contributed by atoms with van der Waals surface area (Å²) < 4.78 is 0. The summed E-state index contributed by atoms with van der Waals surface area (Å²) in [6, 6.07) is 0.994. The monoisotopic (exact) mass is 227 g/mol. The fourth-order valence-electron chi connectivity index (χ4n) is 2.65. The maximum absolute atomic E-state index is 11.0. The molecule has 3 unspecified atom stereocenters. The van der Waals surface area contributed by atoms with Crippen LogP contribution in [0.4, 0.5) is 0 Å². The van der Waals surface area contributed by atoms with Crippen molar-refractivity contribution >= 4 is 5.97 Å². The van der Waals surface area contributed by atoms with Crippen LogP contribution >= 0.6 is 0 Å². The molecule has 1 aliphatic carbocycles. The molecule has 2 N–H and O–H groups in total. The molecule has 1 saturated carbocycles. The summed E-state index contributed by atoms with van der Waals surface area (Å²) >= 11 is 0. The van der Waals surface area contributed by atoms with E-state index in [0.717, 1.165) is 32.1 Å². The molecule has 16 heavy (non-hydrogen) atoms. The summed E-state index contributed by atoms with van der Waals surface area (Å²) in [5.41, 5.74) is 0. The minimum Gasteiger partial charge on any atom is -0.481 e. The normalized spacial score (nSPS) is 27.6. The zero-order valence-corrected chi connectivity index (χ0v) is 10.5. The van der Waals surface area contributed by atoms with Crippen molar-refractivity contribution in [2.24, 2.45) is 5.92 Å². The minimum absolute atomic E-state index is 0.120. The standard InChI is InChI=1S/C13H25NO2/c1-3-6-11(4-2)14-12-8-5-7-10(9-12)13(15)16/h10-12,14H,3-9H2,1-2H3,(H,15,16). The number of aliphatic carboxylic acids is 1. The number of hydrogen-bond acceptors (Lipinski definition) is 2. The highest BCUT2D eigenvalue weighted by molar-refractivity contribution is 5.70. The Morgan fingerprint density at radius 2 is 2.19 bits per heavy atom. The molecule has 3 atom stereocenters. The quantitative estimate of drug-likeness (QED) is 0.733. The van der Waals surface area contributed by atoms with Crippen LogP contribution in [0.3, 0.4) is 0 Å². The minimum atomic E-state index is -0.616. The van der Waals surface area contributed by atoms with Gasteiger partial charge in [-0.1, -0.05) is 26.7 Å². The van der Waals surface area contributed by atoms with Gasteiger partial charge in [0.15, 0.2) is 0 Å². The Bertz CT molecular complexity index is 218. The van der Waals surface area contributed by atoms with E-state index in [9.17, 15) is 4.79 Å². The van der Waals surface area contributed by atoms with Crippen LogP contribution in [0.15, 0.2) is 0 Å². The van der Waals surface area contributed by atoms with Gasteiger partial charge < -0.3 is 10.4 Å². The number of carbonyl (C=O) groups is 1. The summed E-state index contributed by atoms with van der Waals surface area (Å²) in [4.78, 5) is 11.0. The molecule has 0 heterocycles. The van der Waals surface area contributed by atoms with Crippen LogP contribution in [0.5, 0.6) is 0 Å². The Balaban J connectivity index is 2.38. The molecule has 0 bridgehead atoms. The summed E-state index contributed by atoms with van der Waals surface area (Å²) in [7, 11) is 0. The second-order valence-electron chi connectivity index (χ2n) is 4.96. The molecule has 3 heteroatoms. The number of carboxylic acid groups (broad SMARTS) is 1. The van der Waals surface area contributed by atoms with Crippen molar-refractivity contribution in [3.8, 4) is 0 Å². The van der Waals surface area contributed by atoms with E-state index in [2.05, 4.69) is 19.2 Å². The van der Waals surface area contributed by atoms with Gasteiger partial charge in [-0.15, -0.1) is 0 Å². The van der Waals surface area contributed by atoms with Gasteiger partial charge in [-0.05, 0) is 32.1 Å². The highest BCUT2D eigenvalue weighted by atomic mass is 16.4. The van der Waals surface area contributed by atoms with E-state index in [1.54, 1.807) is 0 Å². The lowest BCUT2D eigenvalue weighted by Gasteiger charge is -2.31. The van der Waals surface area contributed by atoms with E-state index in [1.807, 2.05) is 0 Å².